The second-order valence-electron chi connectivity index (χ2n) is 7.73. The molecule has 1 unspecified atom stereocenters. The zero-order valence-corrected chi connectivity index (χ0v) is 16.1. The van der Waals surface area contributed by atoms with Crippen LogP contribution in [0.15, 0.2) is 23.1 Å². The van der Waals surface area contributed by atoms with Gasteiger partial charge in [0, 0.05) is 27.6 Å². The van der Waals surface area contributed by atoms with E-state index in [0.29, 0.717) is 16.6 Å². The number of nitrogens with two attached hydrogens (primary N) is 1. The summed E-state index contributed by atoms with van der Waals surface area (Å²) in [6, 6.07) is 3.45. The second-order valence-corrected chi connectivity index (χ2v) is 8.86. The van der Waals surface area contributed by atoms with Crippen molar-refractivity contribution in [3.8, 4) is 10.4 Å². The first-order valence-electron chi connectivity index (χ1n) is 9.37. The highest BCUT2D eigenvalue weighted by atomic mass is 32.1. The third kappa shape index (κ3) is 2.46. The van der Waals surface area contributed by atoms with Gasteiger partial charge in [-0.15, -0.1) is 11.3 Å². The number of nitrogens with zero attached hydrogens (tertiary/aromatic N) is 1. The molecule has 0 aliphatic heterocycles. The fraction of sp³-hybridized carbons (Fsp3) is 0.333. The van der Waals surface area contributed by atoms with Crippen LogP contribution < -0.4 is 11.3 Å². The number of halogens is 1. The first-order valence-corrected chi connectivity index (χ1v) is 10.2. The first kappa shape index (κ1) is 17.6. The number of pyridine rings is 2. The molecule has 1 fully saturated rings. The zero-order valence-electron chi connectivity index (χ0n) is 15.3. The van der Waals surface area contributed by atoms with Crippen molar-refractivity contribution in [1.29, 1.82) is 0 Å². The van der Waals surface area contributed by atoms with Crippen molar-refractivity contribution in [3.63, 3.8) is 0 Å². The zero-order chi connectivity index (χ0) is 19.7. The molecule has 0 spiro atoms. The van der Waals surface area contributed by atoms with E-state index < -0.39 is 17.3 Å². The molecule has 1 atom stereocenters. The summed E-state index contributed by atoms with van der Waals surface area (Å²) < 4.78 is 16.3. The van der Waals surface area contributed by atoms with Gasteiger partial charge in [-0.2, -0.15) is 0 Å². The summed E-state index contributed by atoms with van der Waals surface area (Å²) in [6.07, 6.45) is 4.86. The van der Waals surface area contributed by atoms with Crippen molar-refractivity contribution in [2.45, 2.75) is 44.6 Å². The summed E-state index contributed by atoms with van der Waals surface area (Å²) in [5.41, 5.74) is 8.83. The lowest BCUT2D eigenvalue weighted by atomic mass is 9.99. The summed E-state index contributed by atoms with van der Waals surface area (Å²) in [5, 5.41) is 9.40. The summed E-state index contributed by atoms with van der Waals surface area (Å²) >= 11 is 1.56. The molecular weight excluding hydrogens is 379 g/mol. The molecule has 28 heavy (non-hydrogen) atoms. The summed E-state index contributed by atoms with van der Waals surface area (Å²) in [5.74, 6) is -1.59. The minimum absolute atomic E-state index is 0.00778. The minimum atomic E-state index is -1.29. The maximum atomic E-state index is 15.2. The van der Waals surface area contributed by atoms with Crippen molar-refractivity contribution in [1.82, 2.24) is 4.40 Å². The quantitative estimate of drug-likeness (QED) is 0.698. The molecule has 0 bridgehead atoms. The number of rotatable bonds is 3. The maximum absolute atomic E-state index is 15.2. The Bertz CT molecular complexity index is 1220. The van der Waals surface area contributed by atoms with Crippen molar-refractivity contribution in [2.24, 2.45) is 5.73 Å². The molecule has 3 aromatic rings. The van der Waals surface area contributed by atoms with E-state index in [4.69, 9.17) is 5.73 Å². The van der Waals surface area contributed by atoms with Crippen molar-refractivity contribution in [3.05, 3.63) is 61.6 Å². The van der Waals surface area contributed by atoms with Gasteiger partial charge in [0.15, 0.2) is 0 Å². The van der Waals surface area contributed by atoms with Gasteiger partial charge < -0.3 is 10.8 Å². The number of aromatic carboxylic acids is 1. The third-order valence-corrected chi connectivity index (χ3v) is 7.12. The molecule has 2 aliphatic rings. The molecule has 0 amide bonds. The smallest absolute Gasteiger partial charge is 0.341 e. The molecule has 1 saturated carbocycles. The molecule has 3 N–H and O–H groups in total. The molecule has 0 saturated heterocycles. The number of hydrogen-bond acceptors (Lipinski definition) is 4. The maximum Gasteiger partial charge on any atom is 0.341 e. The topological polar surface area (TPSA) is 84.8 Å². The minimum Gasteiger partial charge on any atom is -0.477 e. The average molecular weight is 398 g/mol. The van der Waals surface area contributed by atoms with E-state index >= 15 is 4.39 Å². The molecule has 0 aromatic carbocycles. The van der Waals surface area contributed by atoms with Crippen LogP contribution in [0.5, 0.6) is 0 Å². The number of thiophene rings is 1. The Balaban J connectivity index is 1.82. The largest absolute Gasteiger partial charge is 0.477 e. The van der Waals surface area contributed by atoms with Gasteiger partial charge in [-0.05, 0) is 67.3 Å². The van der Waals surface area contributed by atoms with Gasteiger partial charge in [0.1, 0.15) is 11.4 Å². The summed E-state index contributed by atoms with van der Waals surface area (Å²) in [4.78, 5) is 26.2. The monoisotopic (exact) mass is 398 g/mol. The summed E-state index contributed by atoms with van der Waals surface area (Å²) in [7, 11) is 0. The molecule has 0 radical (unpaired) electrons. The van der Waals surface area contributed by atoms with E-state index in [1.165, 1.54) is 15.3 Å². The SMILES string of the molecule is Cc1c(-c2cc3c(s2)CCC3N)c(F)cn2c(=O)c(C(=O)O)cc(C3CC3)c12. The van der Waals surface area contributed by atoms with Gasteiger partial charge >= 0.3 is 5.97 Å². The number of aromatic nitrogens is 1. The number of carboxylic acid groups (broad SMARTS) is 1. The standard InChI is InChI=1S/C21H19FN2O3S/c1-9-18(17-7-12-15(23)4-5-16(12)28-17)14(22)8-24-19(9)11(10-2-3-10)6-13(20(24)25)21(26)27/h6-8,10,15H,2-5,23H2,1H3,(H,26,27). The van der Waals surface area contributed by atoms with Gasteiger partial charge in [-0.25, -0.2) is 9.18 Å². The van der Waals surface area contributed by atoms with E-state index in [9.17, 15) is 14.7 Å². The second kappa shape index (κ2) is 5.99. The van der Waals surface area contributed by atoms with Crippen LogP contribution >= 0.6 is 11.3 Å². The van der Waals surface area contributed by atoms with Crippen LogP contribution in [0.1, 0.15) is 63.1 Å². The highest BCUT2D eigenvalue weighted by Gasteiger charge is 2.31. The van der Waals surface area contributed by atoms with Crippen molar-refractivity contribution in [2.75, 3.05) is 0 Å². The molecular formula is C21H19FN2O3S. The van der Waals surface area contributed by atoms with Crippen LogP contribution in [0.2, 0.25) is 0 Å². The number of aryl methyl sites for hydroxylation is 2. The van der Waals surface area contributed by atoms with Crippen LogP contribution in [0.4, 0.5) is 4.39 Å². The Labute approximate surface area is 164 Å². The fourth-order valence-corrected chi connectivity index (χ4v) is 5.68. The van der Waals surface area contributed by atoms with Gasteiger partial charge in [0.25, 0.3) is 5.56 Å². The lowest BCUT2D eigenvalue weighted by Crippen LogP contribution is -2.24. The first-order chi connectivity index (χ1) is 13.4. The lowest BCUT2D eigenvalue weighted by Gasteiger charge is -2.15. The van der Waals surface area contributed by atoms with Crippen LogP contribution in [0, 0.1) is 12.7 Å². The molecule has 7 heteroatoms. The van der Waals surface area contributed by atoms with Crippen LogP contribution in [-0.2, 0) is 6.42 Å². The molecule has 2 aliphatic carbocycles. The van der Waals surface area contributed by atoms with E-state index in [0.717, 1.165) is 47.9 Å². The summed E-state index contributed by atoms with van der Waals surface area (Å²) in [6.45, 7) is 1.81. The predicted molar refractivity (Wildman–Crippen MR) is 106 cm³/mol. The van der Waals surface area contributed by atoms with Gasteiger partial charge in [-0.3, -0.25) is 9.20 Å². The lowest BCUT2D eigenvalue weighted by molar-refractivity contribution is 0.0694. The number of carboxylic acids is 1. The van der Waals surface area contributed by atoms with Crippen LogP contribution in [0.25, 0.3) is 16.0 Å². The predicted octanol–water partition coefficient (Wildman–Crippen LogP) is 4.00. The fourth-order valence-electron chi connectivity index (χ4n) is 4.33. The van der Waals surface area contributed by atoms with E-state index in [1.54, 1.807) is 11.3 Å². The highest BCUT2D eigenvalue weighted by Crippen LogP contribution is 2.46. The number of fused-ring (bicyclic) bond motifs is 2. The van der Waals surface area contributed by atoms with E-state index in [2.05, 4.69) is 0 Å². The molecule has 3 aromatic heterocycles. The van der Waals surface area contributed by atoms with Gasteiger partial charge in [0.2, 0.25) is 0 Å². The average Bonchev–Trinajstić information content (AvgIpc) is 3.31. The van der Waals surface area contributed by atoms with Crippen molar-refractivity contribution < 1.29 is 14.3 Å². The number of carbonyl (C=O) groups is 1. The Kier molecular flexibility index (Phi) is 3.76. The van der Waals surface area contributed by atoms with E-state index in [-0.39, 0.29) is 17.5 Å². The Hall–Kier alpha value is -2.51. The Morgan fingerprint density at radius 2 is 2.04 bits per heavy atom. The van der Waals surface area contributed by atoms with Crippen LogP contribution in [-0.4, -0.2) is 15.5 Å². The highest BCUT2D eigenvalue weighted by molar-refractivity contribution is 7.15. The normalized spacial score (nSPS) is 18.6. The van der Waals surface area contributed by atoms with Gasteiger partial charge in [0.05, 0.1) is 5.52 Å². The van der Waals surface area contributed by atoms with Crippen molar-refractivity contribution >= 4 is 22.8 Å². The molecule has 5 rings (SSSR count). The molecule has 144 valence electrons. The third-order valence-electron chi connectivity index (χ3n) is 5.89. The Morgan fingerprint density at radius 3 is 2.68 bits per heavy atom. The molecule has 5 nitrogen and oxygen atoms in total. The Morgan fingerprint density at radius 1 is 1.29 bits per heavy atom. The van der Waals surface area contributed by atoms with Crippen LogP contribution in [0.3, 0.4) is 0 Å². The van der Waals surface area contributed by atoms with Gasteiger partial charge in [-0.1, -0.05) is 0 Å². The molecule has 3 heterocycles. The van der Waals surface area contributed by atoms with E-state index in [1.807, 2.05) is 13.0 Å². The number of hydrogen-bond donors (Lipinski definition) is 2.